The molecule has 57 heavy (non-hydrogen) atoms. The van der Waals surface area contributed by atoms with Gasteiger partial charge in [-0.3, -0.25) is 24.9 Å². The molecule has 0 saturated carbocycles. The summed E-state index contributed by atoms with van der Waals surface area (Å²) in [5.41, 5.74) is 6.11. The third-order valence-electron chi connectivity index (χ3n) is 8.50. The van der Waals surface area contributed by atoms with Crippen molar-refractivity contribution in [3.8, 4) is 46.4 Å². The molecule has 0 aliphatic carbocycles. The fraction of sp³-hybridized carbons (Fsp3) is 0.0698. The van der Waals surface area contributed by atoms with E-state index in [4.69, 9.17) is 9.40 Å². The number of carbonyl (C=O) groups excluding carboxylic acids is 2. The van der Waals surface area contributed by atoms with E-state index >= 15 is 0 Å². The van der Waals surface area contributed by atoms with E-state index in [2.05, 4.69) is 59.7 Å². The van der Waals surface area contributed by atoms with E-state index in [-0.39, 0.29) is 18.4 Å². The lowest BCUT2D eigenvalue weighted by molar-refractivity contribution is 0.0947. The largest absolute Gasteiger partial charge is 0.467 e. The SMILES string of the molecule is CCc1nnc(NC(=O)c2ccc(-n3cccn3)c(C#Cc3ccc(-c4ccnn4-c4ccc(C(=O)NCc5ccco5)cc4C#Cc4cccnc4)nc3)c2)s1. The summed E-state index contributed by atoms with van der Waals surface area (Å²) in [5.74, 6) is 12.8. The molecule has 6 heterocycles. The summed E-state index contributed by atoms with van der Waals surface area (Å²) in [7, 11) is 0. The molecule has 0 aliphatic heterocycles. The average molecular weight is 767 g/mol. The number of benzene rings is 2. The number of hydrogen-bond donors (Lipinski definition) is 2. The zero-order chi connectivity index (χ0) is 39.0. The van der Waals surface area contributed by atoms with Crippen LogP contribution in [0.1, 0.15) is 60.7 Å². The van der Waals surface area contributed by atoms with Crippen LogP contribution in [-0.2, 0) is 13.0 Å². The van der Waals surface area contributed by atoms with Gasteiger partial charge in [-0.15, -0.1) is 10.2 Å². The second kappa shape index (κ2) is 16.6. The van der Waals surface area contributed by atoms with E-state index in [0.29, 0.717) is 61.5 Å². The molecule has 2 amide bonds. The smallest absolute Gasteiger partial charge is 0.257 e. The molecule has 0 saturated heterocycles. The first-order valence-electron chi connectivity index (χ1n) is 17.7. The number of pyridine rings is 2. The first-order chi connectivity index (χ1) is 28.0. The molecule has 13 nitrogen and oxygen atoms in total. The summed E-state index contributed by atoms with van der Waals surface area (Å²) in [6.45, 7) is 2.23. The molecular formula is C43H30N10O3S. The Morgan fingerprint density at radius 1 is 0.772 bits per heavy atom. The highest BCUT2D eigenvalue weighted by Gasteiger charge is 2.16. The van der Waals surface area contributed by atoms with Crippen LogP contribution in [0.25, 0.3) is 22.8 Å². The van der Waals surface area contributed by atoms with Crippen molar-refractivity contribution in [1.29, 1.82) is 0 Å². The molecule has 0 radical (unpaired) electrons. The van der Waals surface area contributed by atoms with Crippen molar-refractivity contribution in [3.63, 3.8) is 0 Å². The highest BCUT2D eigenvalue weighted by molar-refractivity contribution is 7.15. The minimum atomic E-state index is -0.319. The van der Waals surface area contributed by atoms with Crippen molar-refractivity contribution in [2.75, 3.05) is 5.32 Å². The zero-order valence-corrected chi connectivity index (χ0v) is 31.1. The lowest BCUT2D eigenvalue weighted by Gasteiger charge is -2.11. The summed E-state index contributed by atoms with van der Waals surface area (Å²) in [6, 6.07) is 25.2. The van der Waals surface area contributed by atoms with Gasteiger partial charge in [-0.25, -0.2) is 9.36 Å². The number of aryl methyl sites for hydroxylation is 1. The molecule has 14 heteroatoms. The quantitative estimate of drug-likeness (QED) is 0.156. The Morgan fingerprint density at radius 2 is 1.58 bits per heavy atom. The Morgan fingerprint density at radius 3 is 2.28 bits per heavy atom. The molecular weight excluding hydrogens is 737 g/mol. The number of hydrogen-bond acceptors (Lipinski definition) is 10. The van der Waals surface area contributed by atoms with E-state index in [1.165, 1.54) is 11.3 Å². The van der Waals surface area contributed by atoms with Gasteiger partial charge in [0.25, 0.3) is 11.8 Å². The predicted molar refractivity (Wildman–Crippen MR) is 214 cm³/mol. The summed E-state index contributed by atoms with van der Waals surface area (Å²) < 4.78 is 8.79. The van der Waals surface area contributed by atoms with E-state index in [0.717, 1.165) is 17.0 Å². The minimum absolute atomic E-state index is 0.250. The van der Waals surface area contributed by atoms with Gasteiger partial charge in [-0.2, -0.15) is 10.2 Å². The number of anilines is 1. The Bertz CT molecular complexity index is 2810. The fourth-order valence-electron chi connectivity index (χ4n) is 5.67. The highest BCUT2D eigenvalue weighted by Crippen LogP contribution is 2.25. The number of aromatic nitrogens is 8. The first kappa shape index (κ1) is 36.1. The average Bonchev–Trinajstić information content (AvgIpc) is 4.11. The van der Waals surface area contributed by atoms with Gasteiger partial charge in [0.15, 0.2) is 0 Å². The van der Waals surface area contributed by atoms with Crippen molar-refractivity contribution in [2.24, 2.45) is 0 Å². The van der Waals surface area contributed by atoms with Gasteiger partial charge in [0.1, 0.15) is 10.8 Å². The molecule has 6 aromatic heterocycles. The second-order valence-corrected chi connectivity index (χ2v) is 13.3. The van der Waals surface area contributed by atoms with Gasteiger partial charge in [0.05, 0.1) is 52.9 Å². The van der Waals surface area contributed by atoms with Crippen LogP contribution in [0, 0.1) is 23.7 Å². The summed E-state index contributed by atoms with van der Waals surface area (Å²) >= 11 is 1.34. The third-order valence-corrected chi connectivity index (χ3v) is 9.49. The van der Waals surface area contributed by atoms with Gasteiger partial charge in [-0.1, -0.05) is 41.9 Å². The lowest BCUT2D eigenvalue weighted by Crippen LogP contribution is -2.22. The first-order valence-corrected chi connectivity index (χ1v) is 18.5. The maximum atomic E-state index is 13.2. The van der Waals surface area contributed by atoms with Gasteiger partial charge in [0, 0.05) is 53.2 Å². The fourth-order valence-corrected chi connectivity index (χ4v) is 6.35. The summed E-state index contributed by atoms with van der Waals surface area (Å²) in [6.07, 6.45) is 12.5. The third kappa shape index (κ3) is 8.42. The van der Waals surface area contributed by atoms with Crippen molar-refractivity contribution in [2.45, 2.75) is 19.9 Å². The van der Waals surface area contributed by atoms with Crippen LogP contribution in [0.4, 0.5) is 5.13 Å². The standard InChI is InChI=1S/C43H30N10O3S/c1-2-40-50-51-43(57-40)49-42(55)34-13-16-37(52-22-5-20-47-52)31(24-34)11-9-30-10-15-36(45-27-30)39-18-21-48-53(39)38-17-14-33(41(54)46-28-35-7-4-23-56-35)25-32(38)12-8-29-6-3-19-44-26-29/h3-7,10,13-27H,2,28H2,1H3,(H,46,54)(H,49,51,55). The van der Waals surface area contributed by atoms with Crippen molar-refractivity contribution in [1.82, 2.24) is 45.0 Å². The van der Waals surface area contributed by atoms with Crippen LogP contribution in [0.15, 0.2) is 133 Å². The Kier molecular flexibility index (Phi) is 10.5. The maximum Gasteiger partial charge on any atom is 0.257 e. The minimum Gasteiger partial charge on any atom is -0.467 e. The van der Waals surface area contributed by atoms with E-state index in [1.54, 1.807) is 89.1 Å². The van der Waals surface area contributed by atoms with Crippen LogP contribution in [-0.4, -0.2) is 51.5 Å². The van der Waals surface area contributed by atoms with Gasteiger partial charge in [-0.05, 0) is 91.3 Å². The van der Waals surface area contributed by atoms with Gasteiger partial charge >= 0.3 is 0 Å². The monoisotopic (exact) mass is 766 g/mol. The van der Waals surface area contributed by atoms with Crippen LogP contribution >= 0.6 is 11.3 Å². The maximum absolute atomic E-state index is 13.2. The Balaban J connectivity index is 1.07. The van der Waals surface area contributed by atoms with Crippen LogP contribution in [0.2, 0.25) is 0 Å². The normalized spacial score (nSPS) is 10.5. The van der Waals surface area contributed by atoms with Crippen LogP contribution in [0.3, 0.4) is 0 Å². The van der Waals surface area contributed by atoms with Crippen molar-refractivity contribution in [3.05, 3.63) is 173 Å². The van der Waals surface area contributed by atoms with Crippen molar-refractivity contribution >= 4 is 28.3 Å². The van der Waals surface area contributed by atoms with E-state index < -0.39 is 0 Å². The topological polar surface area (TPSA) is 159 Å². The highest BCUT2D eigenvalue weighted by atomic mass is 32.1. The number of nitrogens with zero attached hydrogens (tertiary/aromatic N) is 8. The zero-order valence-electron chi connectivity index (χ0n) is 30.2. The second-order valence-electron chi connectivity index (χ2n) is 12.3. The Hall–Kier alpha value is -7.94. The van der Waals surface area contributed by atoms with Gasteiger partial charge < -0.3 is 9.73 Å². The number of nitrogens with one attached hydrogen (secondary N) is 2. The van der Waals surface area contributed by atoms with E-state index in [1.807, 2.05) is 55.6 Å². The molecule has 0 bridgehead atoms. The molecule has 276 valence electrons. The van der Waals surface area contributed by atoms with Crippen molar-refractivity contribution < 1.29 is 14.0 Å². The molecule has 0 spiro atoms. The molecule has 0 fully saturated rings. The molecule has 0 aliphatic rings. The number of furan rings is 1. The molecule has 2 N–H and O–H groups in total. The lowest BCUT2D eigenvalue weighted by atomic mass is 10.1. The van der Waals surface area contributed by atoms with Crippen LogP contribution < -0.4 is 10.6 Å². The Labute approximate surface area is 330 Å². The molecule has 2 aromatic carbocycles. The molecule has 8 aromatic rings. The molecule has 8 rings (SSSR count). The molecule has 0 unspecified atom stereocenters. The summed E-state index contributed by atoms with van der Waals surface area (Å²) in [5, 5.41) is 24.1. The number of amides is 2. The predicted octanol–water partition coefficient (Wildman–Crippen LogP) is 6.50. The van der Waals surface area contributed by atoms with E-state index in [9.17, 15) is 9.59 Å². The van der Waals surface area contributed by atoms with Gasteiger partial charge in [0.2, 0.25) is 5.13 Å². The number of rotatable bonds is 9. The number of carbonyl (C=O) groups is 2. The molecule has 0 atom stereocenters. The summed E-state index contributed by atoms with van der Waals surface area (Å²) in [4.78, 5) is 35.2. The van der Waals surface area contributed by atoms with Crippen LogP contribution in [0.5, 0.6) is 0 Å².